The number of hydrogen-bond acceptors (Lipinski definition) is 4. The number of aromatic amines is 1. The van der Waals surface area contributed by atoms with Crippen LogP contribution in [0.5, 0.6) is 0 Å². The molecule has 5 nitrogen and oxygen atoms in total. The van der Waals surface area contributed by atoms with Crippen LogP contribution in [0.3, 0.4) is 0 Å². The summed E-state index contributed by atoms with van der Waals surface area (Å²) >= 11 is 1.82. The average Bonchev–Trinajstić information content (AvgIpc) is 2.99. The monoisotopic (exact) mass is 304 g/mol. The van der Waals surface area contributed by atoms with Crippen LogP contribution in [-0.4, -0.2) is 35.6 Å². The lowest BCUT2D eigenvalue weighted by molar-refractivity contribution is 0.277. The van der Waals surface area contributed by atoms with Crippen molar-refractivity contribution in [2.24, 2.45) is 0 Å². The van der Waals surface area contributed by atoms with Gasteiger partial charge in [0, 0.05) is 23.2 Å². The van der Waals surface area contributed by atoms with Crippen molar-refractivity contribution in [1.82, 2.24) is 9.71 Å². The molecule has 0 spiro atoms. The van der Waals surface area contributed by atoms with E-state index in [-0.39, 0.29) is 17.5 Å². The largest absolute Gasteiger partial charge is 0.390 e. The van der Waals surface area contributed by atoms with Crippen molar-refractivity contribution in [2.45, 2.75) is 49.0 Å². The molecule has 2 atom stereocenters. The van der Waals surface area contributed by atoms with E-state index in [2.05, 4.69) is 16.6 Å². The molecule has 0 amide bonds. The van der Waals surface area contributed by atoms with Crippen molar-refractivity contribution in [3.63, 3.8) is 0 Å². The van der Waals surface area contributed by atoms with Gasteiger partial charge in [-0.05, 0) is 24.7 Å². The van der Waals surface area contributed by atoms with Crippen LogP contribution >= 0.6 is 11.8 Å². The number of hydrogen-bond donors (Lipinski definition) is 3. The molecule has 1 heterocycles. The van der Waals surface area contributed by atoms with Gasteiger partial charge in [-0.25, -0.2) is 13.1 Å². The summed E-state index contributed by atoms with van der Waals surface area (Å²) in [7, 11) is -3.49. The Kier molecular flexibility index (Phi) is 4.94. The number of aliphatic hydroxyl groups is 1. The third-order valence-corrected chi connectivity index (χ3v) is 6.13. The summed E-state index contributed by atoms with van der Waals surface area (Å²) in [6.45, 7) is 1.90. The molecule has 1 aliphatic rings. The van der Waals surface area contributed by atoms with Gasteiger partial charge in [-0.2, -0.15) is 11.8 Å². The molecule has 7 heteroatoms. The Labute approximate surface area is 118 Å². The Bertz CT molecular complexity index is 513. The van der Waals surface area contributed by atoms with Crippen LogP contribution in [-0.2, 0) is 16.6 Å². The van der Waals surface area contributed by atoms with E-state index in [4.69, 9.17) is 5.11 Å². The molecule has 1 aliphatic carbocycles. The molecule has 0 aliphatic heterocycles. The number of rotatable bonds is 6. The van der Waals surface area contributed by atoms with Crippen molar-refractivity contribution >= 4 is 21.8 Å². The average molecular weight is 304 g/mol. The van der Waals surface area contributed by atoms with Gasteiger partial charge in [0.15, 0.2) is 0 Å². The van der Waals surface area contributed by atoms with Crippen LogP contribution < -0.4 is 4.72 Å². The zero-order valence-corrected chi connectivity index (χ0v) is 12.6. The van der Waals surface area contributed by atoms with Crippen LogP contribution in [0.2, 0.25) is 0 Å². The molecule has 108 valence electrons. The molecular formula is C12H20N2O3S2. The van der Waals surface area contributed by atoms with E-state index in [0.717, 1.165) is 25.0 Å². The number of nitrogens with one attached hydrogen (secondary N) is 2. The summed E-state index contributed by atoms with van der Waals surface area (Å²) < 4.78 is 27.3. The fraction of sp³-hybridized carbons (Fsp3) is 0.667. The second-order valence-corrected chi connectivity index (χ2v) is 7.90. The number of aromatic nitrogens is 1. The summed E-state index contributed by atoms with van der Waals surface area (Å²) in [5.74, 6) is 1.00. The molecule has 0 radical (unpaired) electrons. The van der Waals surface area contributed by atoms with Gasteiger partial charge in [-0.1, -0.05) is 13.3 Å². The highest BCUT2D eigenvalue weighted by Crippen LogP contribution is 2.30. The minimum Gasteiger partial charge on any atom is -0.390 e. The molecule has 2 rings (SSSR count). The lowest BCUT2D eigenvalue weighted by Gasteiger charge is -2.19. The molecule has 1 aromatic rings. The Morgan fingerprint density at radius 3 is 2.95 bits per heavy atom. The van der Waals surface area contributed by atoms with E-state index in [9.17, 15) is 8.42 Å². The van der Waals surface area contributed by atoms with Crippen molar-refractivity contribution in [3.8, 4) is 0 Å². The van der Waals surface area contributed by atoms with E-state index in [1.54, 1.807) is 0 Å². The SMILES string of the molecule is CCSC1CCCC1NS(=O)(=O)c1c[nH]c(CO)c1. The third kappa shape index (κ3) is 3.53. The highest BCUT2D eigenvalue weighted by Gasteiger charge is 2.31. The van der Waals surface area contributed by atoms with Gasteiger partial charge in [-0.3, -0.25) is 0 Å². The highest BCUT2D eigenvalue weighted by molar-refractivity contribution is 8.00. The number of H-pyrrole nitrogens is 1. The van der Waals surface area contributed by atoms with Crippen molar-refractivity contribution < 1.29 is 13.5 Å². The van der Waals surface area contributed by atoms with E-state index in [1.807, 2.05) is 11.8 Å². The molecule has 0 saturated heterocycles. The summed E-state index contributed by atoms with van der Waals surface area (Å²) in [6.07, 6.45) is 4.46. The quantitative estimate of drug-likeness (QED) is 0.743. The topological polar surface area (TPSA) is 82.2 Å². The molecule has 1 fully saturated rings. The van der Waals surface area contributed by atoms with Gasteiger partial charge in [0.2, 0.25) is 10.0 Å². The van der Waals surface area contributed by atoms with E-state index in [1.165, 1.54) is 12.3 Å². The van der Waals surface area contributed by atoms with Crippen LogP contribution in [0.1, 0.15) is 31.9 Å². The zero-order valence-electron chi connectivity index (χ0n) is 10.9. The fourth-order valence-electron chi connectivity index (χ4n) is 2.41. The third-order valence-electron chi connectivity index (χ3n) is 3.34. The maximum atomic E-state index is 12.2. The summed E-state index contributed by atoms with van der Waals surface area (Å²) in [4.78, 5) is 2.95. The van der Waals surface area contributed by atoms with Gasteiger partial charge in [0.25, 0.3) is 0 Å². The van der Waals surface area contributed by atoms with E-state index in [0.29, 0.717) is 10.9 Å². The first kappa shape index (κ1) is 14.9. The number of sulfonamides is 1. The lowest BCUT2D eigenvalue weighted by atomic mass is 10.3. The maximum absolute atomic E-state index is 12.2. The van der Waals surface area contributed by atoms with Gasteiger partial charge >= 0.3 is 0 Å². The maximum Gasteiger partial charge on any atom is 0.242 e. The molecule has 2 unspecified atom stereocenters. The molecule has 0 bridgehead atoms. The zero-order chi connectivity index (χ0) is 13.9. The van der Waals surface area contributed by atoms with Crippen LogP contribution in [0.15, 0.2) is 17.2 Å². The highest BCUT2D eigenvalue weighted by atomic mass is 32.2. The summed E-state index contributed by atoms with van der Waals surface area (Å²) in [6, 6.07) is 1.49. The van der Waals surface area contributed by atoms with Crippen LogP contribution in [0.4, 0.5) is 0 Å². The van der Waals surface area contributed by atoms with Crippen LogP contribution in [0, 0.1) is 0 Å². The molecule has 0 aromatic carbocycles. The second-order valence-electron chi connectivity index (χ2n) is 4.67. The first-order valence-electron chi connectivity index (χ1n) is 6.49. The van der Waals surface area contributed by atoms with Crippen molar-refractivity contribution in [1.29, 1.82) is 0 Å². The predicted molar refractivity (Wildman–Crippen MR) is 76.6 cm³/mol. The second kappa shape index (κ2) is 6.30. The van der Waals surface area contributed by atoms with E-state index < -0.39 is 10.0 Å². The molecule has 1 aromatic heterocycles. The van der Waals surface area contributed by atoms with Gasteiger partial charge in [-0.15, -0.1) is 0 Å². The molecule has 3 N–H and O–H groups in total. The lowest BCUT2D eigenvalue weighted by Crippen LogP contribution is -2.38. The molecular weight excluding hydrogens is 284 g/mol. The summed E-state index contributed by atoms with van der Waals surface area (Å²) in [5.41, 5.74) is 0.506. The minimum atomic E-state index is -3.49. The first-order chi connectivity index (χ1) is 9.06. The van der Waals surface area contributed by atoms with Gasteiger partial charge in [0.05, 0.1) is 11.5 Å². The van der Waals surface area contributed by atoms with E-state index >= 15 is 0 Å². The minimum absolute atomic E-state index is 0.0161. The standard InChI is InChI=1S/C12H20N2O3S2/c1-2-18-12-5-3-4-11(12)14-19(16,17)10-6-9(8-15)13-7-10/h6-7,11-15H,2-5,8H2,1H3. The van der Waals surface area contributed by atoms with Crippen LogP contribution in [0.25, 0.3) is 0 Å². The van der Waals surface area contributed by atoms with Gasteiger partial charge in [0.1, 0.15) is 0 Å². The fourth-order valence-corrected chi connectivity index (χ4v) is 5.02. The normalized spacial score (nSPS) is 23.9. The van der Waals surface area contributed by atoms with Crippen molar-refractivity contribution in [3.05, 3.63) is 18.0 Å². The number of aliphatic hydroxyl groups excluding tert-OH is 1. The van der Waals surface area contributed by atoms with Crippen molar-refractivity contribution in [2.75, 3.05) is 5.75 Å². The Morgan fingerprint density at radius 2 is 2.32 bits per heavy atom. The number of thioether (sulfide) groups is 1. The Hall–Kier alpha value is -0.500. The molecule has 1 saturated carbocycles. The molecule has 19 heavy (non-hydrogen) atoms. The first-order valence-corrected chi connectivity index (χ1v) is 9.02. The smallest absolute Gasteiger partial charge is 0.242 e. The predicted octanol–water partition coefficient (Wildman–Crippen LogP) is 1.46. The van der Waals surface area contributed by atoms with Gasteiger partial charge < -0.3 is 10.1 Å². The summed E-state index contributed by atoms with van der Waals surface area (Å²) in [5, 5.41) is 9.33. The Balaban J connectivity index is 2.08. The Morgan fingerprint density at radius 1 is 1.53 bits per heavy atom.